The van der Waals surface area contributed by atoms with E-state index in [4.69, 9.17) is 4.74 Å². The van der Waals surface area contributed by atoms with Gasteiger partial charge in [-0.25, -0.2) is 8.42 Å². The smallest absolute Gasteiger partial charge is 0.275 e. The van der Waals surface area contributed by atoms with E-state index in [1.54, 1.807) is 12.1 Å². The summed E-state index contributed by atoms with van der Waals surface area (Å²) >= 11 is 0. The lowest BCUT2D eigenvalue weighted by Crippen LogP contribution is -3.15. The van der Waals surface area contributed by atoms with Crippen LogP contribution in [-0.4, -0.2) is 77.5 Å². The molecule has 1 heterocycles. The summed E-state index contributed by atoms with van der Waals surface area (Å²) in [6.45, 7) is 4.47. The lowest BCUT2D eigenvalue weighted by Gasteiger charge is -2.31. The van der Waals surface area contributed by atoms with Gasteiger partial charge < -0.3 is 20.3 Å². The van der Waals surface area contributed by atoms with Gasteiger partial charge in [0.2, 0.25) is 15.9 Å². The SMILES string of the molecule is CCCNC(=O)CNC(=O)C[NH+]1CCN(S(=O)(=O)c2ccc(OC)cc2)CC1. The van der Waals surface area contributed by atoms with Crippen molar-refractivity contribution in [1.82, 2.24) is 14.9 Å². The van der Waals surface area contributed by atoms with Crippen molar-refractivity contribution in [3.63, 3.8) is 0 Å². The maximum atomic E-state index is 12.7. The van der Waals surface area contributed by atoms with Gasteiger partial charge in [0, 0.05) is 6.54 Å². The molecule has 1 aliphatic heterocycles. The standard InChI is InChI=1S/C18H28N4O5S/c1-3-8-19-17(23)13-20-18(24)14-21-9-11-22(12-10-21)28(25,26)16-6-4-15(27-2)5-7-16/h4-7H,3,8-14H2,1-2H3,(H,19,23)(H,20,24)/p+1. The molecule has 0 saturated carbocycles. The molecular weight excluding hydrogens is 384 g/mol. The molecule has 3 N–H and O–H groups in total. The van der Waals surface area contributed by atoms with Crippen molar-refractivity contribution in [1.29, 1.82) is 0 Å². The van der Waals surface area contributed by atoms with E-state index in [1.165, 1.54) is 23.5 Å². The Balaban J connectivity index is 1.80. The first kappa shape index (κ1) is 22.1. The Morgan fingerprint density at radius 3 is 2.32 bits per heavy atom. The largest absolute Gasteiger partial charge is 0.497 e. The first-order valence-corrected chi connectivity index (χ1v) is 10.8. The number of carbonyl (C=O) groups is 2. The first-order chi connectivity index (χ1) is 13.4. The molecule has 1 aliphatic rings. The molecule has 0 bridgehead atoms. The highest BCUT2D eigenvalue weighted by molar-refractivity contribution is 7.89. The second kappa shape index (κ2) is 10.4. The fourth-order valence-corrected chi connectivity index (χ4v) is 4.35. The summed E-state index contributed by atoms with van der Waals surface area (Å²) in [5.74, 6) is 0.177. The Kier molecular flexibility index (Phi) is 8.21. The Morgan fingerprint density at radius 1 is 1.11 bits per heavy atom. The van der Waals surface area contributed by atoms with Crippen LogP contribution >= 0.6 is 0 Å². The number of nitrogens with one attached hydrogen (secondary N) is 3. The zero-order valence-corrected chi connectivity index (χ0v) is 17.2. The number of carbonyl (C=O) groups excluding carboxylic acids is 2. The van der Waals surface area contributed by atoms with E-state index in [1.807, 2.05) is 6.92 Å². The molecule has 0 atom stereocenters. The van der Waals surface area contributed by atoms with Gasteiger partial charge >= 0.3 is 0 Å². The van der Waals surface area contributed by atoms with E-state index in [2.05, 4.69) is 10.6 Å². The summed E-state index contributed by atoms with van der Waals surface area (Å²) < 4.78 is 32.0. The van der Waals surface area contributed by atoms with Crippen molar-refractivity contribution in [2.75, 3.05) is 52.9 Å². The molecule has 28 heavy (non-hydrogen) atoms. The fraction of sp³-hybridized carbons (Fsp3) is 0.556. The van der Waals surface area contributed by atoms with Crippen LogP contribution in [0.25, 0.3) is 0 Å². The third-order valence-corrected chi connectivity index (χ3v) is 6.47. The normalized spacial score (nSPS) is 15.8. The van der Waals surface area contributed by atoms with Gasteiger partial charge in [-0.2, -0.15) is 4.31 Å². The van der Waals surface area contributed by atoms with Gasteiger partial charge in [-0.3, -0.25) is 9.59 Å². The van der Waals surface area contributed by atoms with Crippen LogP contribution in [0.4, 0.5) is 0 Å². The Hall–Kier alpha value is -2.17. The molecule has 9 nitrogen and oxygen atoms in total. The summed E-state index contributed by atoms with van der Waals surface area (Å²) in [5.41, 5.74) is 0. The summed E-state index contributed by atoms with van der Waals surface area (Å²) in [7, 11) is -2.03. The molecule has 156 valence electrons. The minimum Gasteiger partial charge on any atom is -0.497 e. The second-order valence-electron chi connectivity index (χ2n) is 6.63. The van der Waals surface area contributed by atoms with E-state index in [9.17, 15) is 18.0 Å². The molecule has 1 fully saturated rings. The van der Waals surface area contributed by atoms with Gasteiger partial charge in [0.1, 0.15) is 5.75 Å². The van der Waals surface area contributed by atoms with E-state index in [0.717, 1.165) is 11.3 Å². The number of nitrogens with zero attached hydrogens (tertiary/aromatic N) is 1. The van der Waals surface area contributed by atoms with E-state index in [-0.39, 0.29) is 29.8 Å². The fourth-order valence-electron chi connectivity index (χ4n) is 2.91. The molecule has 10 heteroatoms. The van der Waals surface area contributed by atoms with Crippen LogP contribution in [0.5, 0.6) is 5.75 Å². The number of rotatable bonds is 9. The molecule has 2 amide bonds. The van der Waals surface area contributed by atoms with Crippen LogP contribution in [0.2, 0.25) is 0 Å². The topological polar surface area (TPSA) is 109 Å². The molecule has 1 saturated heterocycles. The van der Waals surface area contributed by atoms with Crippen LogP contribution in [0, 0.1) is 0 Å². The average molecular weight is 414 g/mol. The van der Waals surface area contributed by atoms with Crippen molar-refractivity contribution in [2.24, 2.45) is 0 Å². The third kappa shape index (κ3) is 6.18. The molecule has 0 unspecified atom stereocenters. The number of amides is 2. The molecule has 0 aliphatic carbocycles. The van der Waals surface area contributed by atoms with Crippen LogP contribution in [0.3, 0.4) is 0 Å². The van der Waals surface area contributed by atoms with Crippen LogP contribution < -0.4 is 20.3 Å². The van der Waals surface area contributed by atoms with Gasteiger partial charge in [-0.05, 0) is 30.7 Å². The number of hydrogen-bond acceptors (Lipinski definition) is 5. The van der Waals surface area contributed by atoms with Gasteiger partial charge in [0.25, 0.3) is 5.91 Å². The molecular formula is C18H29N4O5S+. The van der Waals surface area contributed by atoms with Gasteiger partial charge in [-0.15, -0.1) is 0 Å². The van der Waals surface area contributed by atoms with Gasteiger partial charge in [0.15, 0.2) is 6.54 Å². The molecule has 0 radical (unpaired) electrons. The number of ether oxygens (including phenoxy) is 1. The Bertz CT molecular complexity index is 759. The summed E-state index contributed by atoms with van der Waals surface area (Å²) in [6.07, 6.45) is 0.841. The Morgan fingerprint density at radius 2 is 1.75 bits per heavy atom. The molecule has 0 aromatic heterocycles. The summed E-state index contributed by atoms with van der Waals surface area (Å²) in [6, 6.07) is 6.31. The van der Waals surface area contributed by atoms with Gasteiger partial charge in [0.05, 0.1) is 44.7 Å². The molecule has 0 spiro atoms. The highest BCUT2D eigenvalue weighted by atomic mass is 32.2. The van der Waals surface area contributed by atoms with Crippen molar-refractivity contribution < 1.29 is 27.6 Å². The monoisotopic (exact) mass is 413 g/mol. The third-order valence-electron chi connectivity index (χ3n) is 4.56. The summed E-state index contributed by atoms with van der Waals surface area (Å²) in [5, 5.41) is 5.30. The highest BCUT2D eigenvalue weighted by Crippen LogP contribution is 2.19. The van der Waals surface area contributed by atoms with E-state index < -0.39 is 10.0 Å². The van der Waals surface area contributed by atoms with Crippen molar-refractivity contribution in [3.8, 4) is 5.75 Å². The number of piperazine rings is 1. The number of methoxy groups -OCH3 is 1. The zero-order valence-electron chi connectivity index (χ0n) is 16.4. The predicted molar refractivity (Wildman–Crippen MR) is 104 cm³/mol. The number of quaternary nitrogens is 1. The van der Waals surface area contributed by atoms with Crippen molar-refractivity contribution in [3.05, 3.63) is 24.3 Å². The zero-order chi connectivity index (χ0) is 20.6. The molecule has 2 rings (SSSR count). The molecule has 1 aromatic rings. The minimum atomic E-state index is -3.56. The molecule has 1 aromatic carbocycles. The van der Waals surface area contributed by atoms with Crippen LogP contribution in [0.15, 0.2) is 29.2 Å². The van der Waals surface area contributed by atoms with Crippen LogP contribution in [0.1, 0.15) is 13.3 Å². The number of hydrogen-bond donors (Lipinski definition) is 3. The second-order valence-corrected chi connectivity index (χ2v) is 8.57. The lowest BCUT2D eigenvalue weighted by atomic mass is 10.3. The van der Waals surface area contributed by atoms with Crippen LogP contribution in [-0.2, 0) is 19.6 Å². The number of benzene rings is 1. The Labute approximate surface area is 166 Å². The van der Waals surface area contributed by atoms with E-state index in [0.29, 0.717) is 38.5 Å². The van der Waals surface area contributed by atoms with E-state index >= 15 is 0 Å². The van der Waals surface area contributed by atoms with Crippen molar-refractivity contribution >= 4 is 21.8 Å². The van der Waals surface area contributed by atoms with Crippen molar-refractivity contribution in [2.45, 2.75) is 18.2 Å². The van der Waals surface area contributed by atoms with Gasteiger partial charge in [-0.1, -0.05) is 6.92 Å². The number of sulfonamides is 1. The minimum absolute atomic E-state index is 0.0376. The predicted octanol–water partition coefficient (Wildman–Crippen LogP) is -1.77. The lowest BCUT2D eigenvalue weighted by molar-refractivity contribution is -0.895. The summed E-state index contributed by atoms with van der Waals surface area (Å²) in [4.78, 5) is 24.7. The highest BCUT2D eigenvalue weighted by Gasteiger charge is 2.31. The average Bonchev–Trinajstić information content (AvgIpc) is 2.71. The maximum absolute atomic E-state index is 12.7. The maximum Gasteiger partial charge on any atom is 0.275 e. The quantitative estimate of drug-likeness (QED) is 0.444. The first-order valence-electron chi connectivity index (χ1n) is 9.38.